The van der Waals surface area contributed by atoms with Crippen molar-refractivity contribution in [2.75, 3.05) is 0 Å². The number of hydrogen-bond donors (Lipinski definition) is 0. The first-order valence-corrected chi connectivity index (χ1v) is 6.35. The summed E-state index contributed by atoms with van der Waals surface area (Å²) >= 11 is 1.84. The smallest absolute Gasteiger partial charge is 0.186 e. The van der Waals surface area contributed by atoms with Crippen LogP contribution in [0.3, 0.4) is 0 Å². The van der Waals surface area contributed by atoms with Crippen LogP contribution in [0, 0.1) is 0 Å². The second kappa shape index (κ2) is 3.83. The molecule has 0 aliphatic heterocycles. The third kappa shape index (κ3) is 1.48. The molecule has 3 heteroatoms. The largest absolute Gasteiger partial charge is 0.264 e. The Hall–Kier alpha value is -1.48. The summed E-state index contributed by atoms with van der Waals surface area (Å²) in [6.07, 6.45) is 9.38. The molecule has 0 unspecified atom stereocenters. The number of thiophene rings is 1. The van der Waals surface area contributed by atoms with Gasteiger partial charge in [0.15, 0.2) is 12.4 Å². The molecule has 0 atom stereocenters. The highest BCUT2D eigenvalue weighted by atomic mass is 32.1. The molecule has 0 saturated heterocycles. The molecule has 3 aromatic heterocycles. The van der Waals surface area contributed by atoms with Crippen LogP contribution < -0.4 is 4.57 Å². The predicted octanol–water partition coefficient (Wildman–Crippen LogP) is 3.15. The lowest BCUT2D eigenvalue weighted by Crippen LogP contribution is -2.31. The highest BCUT2D eigenvalue weighted by molar-refractivity contribution is 7.25. The summed E-state index contributed by atoms with van der Waals surface area (Å²) in [5, 5.41) is 2.59. The van der Waals surface area contributed by atoms with Crippen molar-refractivity contribution in [2.24, 2.45) is 0 Å². The second-order valence-corrected chi connectivity index (χ2v) is 5.02. The maximum absolute atomic E-state index is 4.19. The van der Waals surface area contributed by atoms with Gasteiger partial charge in [-0.05, 0) is 6.07 Å². The number of aromatic nitrogens is 2. The van der Waals surface area contributed by atoms with E-state index in [2.05, 4.69) is 41.0 Å². The number of fused-ring (bicyclic) bond motifs is 3. The van der Waals surface area contributed by atoms with Gasteiger partial charge in [-0.3, -0.25) is 4.98 Å². The highest BCUT2D eigenvalue weighted by Gasteiger charge is 2.08. The van der Waals surface area contributed by atoms with Crippen molar-refractivity contribution in [3.63, 3.8) is 0 Å². The van der Waals surface area contributed by atoms with E-state index >= 15 is 0 Å². The minimum Gasteiger partial charge on any atom is -0.264 e. The fourth-order valence-corrected chi connectivity index (χ4v) is 3.12. The van der Waals surface area contributed by atoms with Crippen LogP contribution in [0.25, 0.3) is 20.2 Å². The van der Waals surface area contributed by atoms with Crippen LogP contribution in [0.1, 0.15) is 13.3 Å². The molecule has 0 fully saturated rings. The van der Waals surface area contributed by atoms with Gasteiger partial charge >= 0.3 is 0 Å². The molecule has 0 aromatic carbocycles. The Morgan fingerprint density at radius 3 is 3.06 bits per heavy atom. The lowest BCUT2D eigenvalue weighted by Gasteiger charge is -1.93. The fraction of sp³-hybridized carbons (Fsp3) is 0.231. The Morgan fingerprint density at radius 1 is 1.25 bits per heavy atom. The number of pyridine rings is 2. The molecule has 0 radical (unpaired) electrons. The second-order valence-electron chi connectivity index (χ2n) is 3.93. The monoisotopic (exact) mass is 229 g/mol. The summed E-state index contributed by atoms with van der Waals surface area (Å²) in [5.41, 5.74) is 0. The first kappa shape index (κ1) is 9.73. The number of aryl methyl sites for hydroxylation is 1. The van der Waals surface area contributed by atoms with Crippen molar-refractivity contribution in [2.45, 2.75) is 19.9 Å². The molecule has 0 bridgehead atoms. The van der Waals surface area contributed by atoms with Crippen LogP contribution in [-0.4, -0.2) is 4.98 Å². The number of rotatable bonds is 2. The SMILES string of the molecule is CCC[n+]1ccc2c(c1)sc1ccncc12. The Balaban J connectivity index is 2.28. The minimum atomic E-state index is 1.09. The quantitative estimate of drug-likeness (QED) is 0.617. The molecule has 0 aliphatic carbocycles. The maximum Gasteiger partial charge on any atom is 0.186 e. The van der Waals surface area contributed by atoms with Crippen LogP contribution in [0.2, 0.25) is 0 Å². The van der Waals surface area contributed by atoms with Crippen molar-refractivity contribution >= 4 is 31.5 Å². The molecule has 80 valence electrons. The molecule has 2 nitrogen and oxygen atoms in total. The zero-order valence-electron chi connectivity index (χ0n) is 9.18. The van der Waals surface area contributed by atoms with Gasteiger partial charge in [0.1, 0.15) is 6.54 Å². The average Bonchev–Trinajstić information content (AvgIpc) is 2.67. The van der Waals surface area contributed by atoms with Crippen molar-refractivity contribution < 1.29 is 4.57 Å². The van der Waals surface area contributed by atoms with E-state index in [1.165, 1.54) is 26.6 Å². The van der Waals surface area contributed by atoms with Crippen molar-refractivity contribution in [3.05, 3.63) is 36.9 Å². The lowest BCUT2D eigenvalue weighted by atomic mass is 10.2. The first-order chi connectivity index (χ1) is 7.88. The molecule has 0 aliphatic rings. The summed E-state index contributed by atoms with van der Waals surface area (Å²) in [7, 11) is 0. The van der Waals surface area contributed by atoms with Gasteiger partial charge in [-0.15, -0.1) is 11.3 Å². The van der Waals surface area contributed by atoms with Crippen LogP contribution in [-0.2, 0) is 6.54 Å². The van der Waals surface area contributed by atoms with Gasteiger partial charge in [0.2, 0.25) is 0 Å². The average molecular weight is 229 g/mol. The normalized spacial score (nSPS) is 11.3. The van der Waals surface area contributed by atoms with E-state index in [4.69, 9.17) is 0 Å². The standard InChI is InChI=1S/C13H13N2S/c1-2-6-15-7-4-10-11-8-14-5-3-12(11)16-13(10)9-15/h3-5,7-9H,2,6H2,1H3/q+1. The van der Waals surface area contributed by atoms with Crippen LogP contribution in [0.5, 0.6) is 0 Å². The van der Waals surface area contributed by atoms with Gasteiger partial charge in [0, 0.05) is 40.4 Å². The highest BCUT2D eigenvalue weighted by Crippen LogP contribution is 2.31. The Labute approximate surface area is 98.2 Å². The van der Waals surface area contributed by atoms with Crippen LogP contribution in [0.15, 0.2) is 36.9 Å². The topological polar surface area (TPSA) is 16.8 Å². The number of nitrogens with zero attached hydrogens (tertiary/aromatic N) is 2. The first-order valence-electron chi connectivity index (χ1n) is 5.54. The molecule has 3 heterocycles. The van der Waals surface area contributed by atoms with Gasteiger partial charge < -0.3 is 0 Å². The summed E-state index contributed by atoms with van der Waals surface area (Å²) < 4.78 is 4.92. The molecule has 3 rings (SSSR count). The molecule has 0 N–H and O–H groups in total. The van der Waals surface area contributed by atoms with Crippen molar-refractivity contribution in [3.8, 4) is 0 Å². The van der Waals surface area contributed by atoms with Gasteiger partial charge in [0.25, 0.3) is 0 Å². The van der Waals surface area contributed by atoms with Crippen molar-refractivity contribution in [1.82, 2.24) is 4.98 Å². The van der Waals surface area contributed by atoms with Gasteiger partial charge in [-0.2, -0.15) is 0 Å². The predicted molar refractivity (Wildman–Crippen MR) is 67.6 cm³/mol. The zero-order chi connectivity index (χ0) is 11.0. The molecule has 0 saturated carbocycles. The summed E-state index contributed by atoms with van der Waals surface area (Å²) in [4.78, 5) is 4.19. The Morgan fingerprint density at radius 2 is 2.19 bits per heavy atom. The van der Waals surface area contributed by atoms with Gasteiger partial charge in [0.05, 0.1) is 4.70 Å². The number of hydrogen-bond acceptors (Lipinski definition) is 2. The molecule has 0 amide bonds. The van der Waals surface area contributed by atoms with Crippen LogP contribution in [0.4, 0.5) is 0 Å². The van der Waals surface area contributed by atoms with E-state index in [9.17, 15) is 0 Å². The summed E-state index contributed by atoms with van der Waals surface area (Å²) in [6.45, 7) is 3.29. The van der Waals surface area contributed by atoms with E-state index in [0.717, 1.165) is 6.54 Å². The third-order valence-corrected chi connectivity index (χ3v) is 3.88. The third-order valence-electron chi connectivity index (χ3n) is 2.75. The van der Waals surface area contributed by atoms with E-state index in [-0.39, 0.29) is 0 Å². The summed E-state index contributed by atoms with van der Waals surface area (Å²) in [5.74, 6) is 0. The molecular weight excluding hydrogens is 216 g/mol. The minimum absolute atomic E-state index is 1.09. The van der Waals surface area contributed by atoms with E-state index in [0.29, 0.717) is 0 Å². The van der Waals surface area contributed by atoms with Gasteiger partial charge in [-0.1, -0.05) is 6.92 Å². The van der Waals surface area contributed by atoms with Crippen molar-refractivity contribution in [1.29, 1.82) is 0 Å². The lowest BCUT2D eigenvalue weighted by molar-refractivity contribution is -0.695. The maximum atomic E-state index is 4.19. The van der Waals surface area contributed by atoms with E-state index in [1.807, 2.05) is 23.7 Å². The zero-order valence-corrected chi connectivity index (χ0v) is 10.00. The van der Waals surface area contributed by atoms with Crippen LogP contribution >= 0.6 is 11.3 Å². The molecular formula is C13H13N2S+. The fourth-order valence-electron chi connectivity index (χ4n) is 2.01. The Bertz CT molecular complexity index is 643. The molecule has 3 aromatic rings. The molecule has 16 heavy (non-hydrogen) atoms. The van der Waals surface area contributed by atoms with E-state index < -0.39 is 0 Å². The summed E-state index contributed by atoms with van der Waals surface area (Å²) in [6, 6.07) is 4.29. The Kier molecular flexibility index (Phi) is 2.33. The molecule has 0 spiro atoms. The van der Waals surface area contributed by atoms with Gasteiger partial charge in [-0.25, -0.2) is 4.57 Å². The van der Waals surface area contributed by atoms with E-state index in [1.54, 1.807) is 0 Å².